The number of fused-ring (bicyclic) bond motifs is 1. The second-order valence-corrected chi connectivity index (χ2v) is 8.08. The Balaban J connectivity index is 1.35. The number of hydrogen-bond acceptors (Lipinski definition) is 3. The monoisotopic (exact) mass is 396 g/mol. The Hall–Kier alpha value is -2.14. The first-order valence-electron chi connectivity index (χ1n) is 9.12. The first kappa shape index (κ1) is 18.2. The maximum Gasteiger partial charge on any atom is 0.265 e. The van der Waals surface area contributed by atoms with Crippen molar-refractivity contribution in [3.63, 3.8) is 0 Å². The molecule has 0 N–H and O–H groups in total. The van der Waals surface area contributed by atoms with Gasteiger partial charge >= 0.3 is 0 Å². The maximum atomic E-state index is 12.9. The Labute approximate surface area is 168 Å². The molecule has 0 bridgehead atoms. The second kappa shape index (κ2) is 8.26. The van der Waals surface area contributed by atoms with Crippen LogP contribution >= 0.6 is 22.9 Å². The summed E-state index contributed by atoms with van der Waals surface area (Å²) < 4.78 is 1.07. The molecule has 4 rings (SSSR count). The zero-order chi connectivity index (χ0) is 18.6. The molecule has 1 saturated heterocycles. The first-order chi connectivity index (χ1) is 13.2. The van der Waals surface area contributed by atoms with Crippen molar-refractivity contribution in [2.75, 3.05) is 32.7 Å². The van der Waals surface area contributed by atoms with Crippen molar-refractivity contribution in [2.24, 2.45) is 0 Å². The van der Waals surface area contributed by atoms with E-state index < -0.39 is 0 Å². The predicted molar refractivity (Wildman–Crippen MR) is 115 cm³/mol. The molecule has 1 aliphatic rings. The molecule has 1 aromatic heterocycles. The number of halogens is 1. The molecule has 5 heteroatoms. The van der Waals surface area contributed by atoms with Gasteiger partial charge in [-0.25, -0.2) is 0 Å². The highest BCUT2D eigenvalue weighted by Gasteiger charge is 2.25. The summed E-state index contributed by atoms with van der Waals surface area (Å²) in [5.41, 5.74) is 1.21. The summed E-state index contributed by atoms with van der Waals surface area (Å²) in [6.07, 6.45) is 4.34. The number of hydrogen-bond donors (Lipinski definition) is 0. The predicted octanol–water partition coefficient (Wildman–Crippen LogP) is 5.03. The molecule has 0 spiro atoms. The molecule has 0 aliphatic carbocycles. The molecule has 2 aromatic carbocycles. The number of piperazine rings is 1. The minimum absolute atomic E-state index is 0.0562. The third kappa shape index (κ3) is 4.08. The molecule has 138 valence electrons. The molecule has 2 heterocycles. The lowest BCUT2D eigenvalue weighted by Crippen LogP contribution is -2.48. The van der Waals surface area contributed by atoms with Crippen molar-refractivity contribution in [1.82, 2.24) is 9.80 Å². The van der Waals surface area contributed by atoms with Crippen LogP contribution in [0.3, 0.4) is 0 Å². The molecular formula is C22H21ClN2OS. The number of rotatable bonds is 4. The highest BCUT2D eigenvalue weighted by molar-refractivity contribution is 7.21. The van der Waals surface area contributed by atoms with Crippen LogP contribution in [0, 0.1) is 0 Å². The summed E-state index contributed by atoms with van der Waals surface area (Å²) in [5.74, 6) is 0.0562. The zero-order valence-corrected chi connectivity index (χ0v) is 16.5. The van der Waals surface area contributed by atoms with Crippen LogP contribution in [-0.2, 0) is 0 Å². The van der Waals surface area contributed by atoms with E-state index in [1.807, 2.05) is 47.4 Å². The summed E-state index contributed by atoms with van der Waals surface area (Å²) in [6.45, 7) is 4.15. The Kier molecular flexibility index (Phi) is 5.58. The number of carbonyl (C=O) groups is 1. The molecular weight excluding hydrogens is 376 g/mol. The third-order valence-corrected chi connectivity index (χ3v) is 6.53. The molecule has 0 radical (unpaired) electrons. The summed E-state index contributed by atoms with van der Waals surface area (Å²) in [6, 6.07) is 18.2. The van der Waals surface area contributed by atoms with Crippen LogP contribution in [0.1, 0.15) is 15.2 Å². The highest BCUT2D eigenvalue weighted by Crippen LogP contribution is 2.36. The van der Waals surface area contributed by atoms with Crippen molar-refractivity contribution in [3.05, 3.63) is 76.1 Å². The van der Waals surface area contributed by atoms with E-state index in [1.54, 1.807) is 0 Å². The lowest BCUT2D eigenvalue weighted by molar-refractivity contribution is 0.0655. The Morgan fingerprint density at radius 3 is 2.44 bits per heavy atom. The van der Waals surface area contributed by atoms with E-state index >= 15 is 0 Å². The zero-order valence-electron chi connectivity index (χ0n) is 15.0. The van der Waals surface area contributed by atoms with E-state index in [1.165, 1.54) is 16.9 Å². The highest BCUT2D eigenvalue weighted by atomic mass is 35.5. The Morgan fingerprint density at radius 1 is 1.00 bits per heavy atom. The molecule has 1 aliphatic heterocycles. The minimum Gasteiger partial charge on any atom is -0.335 e. The number of thiophene rings is 1. The van der Waals surface area contributed by atoms with Crippen LogP contribution in [-0.4, -0.2) is 48.4 Å². The van der Waals surface area contributed by atoms with Gasteiger partial charge in [0.25, 0.3) is 5.91 Å². The van der Waals surface area contributed by atoms with Crippen LogP contribution in [0.15, 0.2) is 60.7 Å². The minimum atomic E-state index is 0.0562. The van der Waals surface area contributed by atoms with E-state index in [0.29, 0.717) is 9.90 Å². The lowest BCUT2D eigenvalue weighted by atomic mass is 10.2. The topological polar surface area (TPSA) is 23.6 Å². The van der Waals surface area contributed by atoms with Gasteiger partial charge in [0.05, 0.1) is 5.02 Å². The molecule has 0 saturated carbocycles. The van der Waals surface area contributed by atoms with Crippen molar-refractivity contribution in [3.8, 4) is 0 Å². The molecule has 27 heavy (non-hydrogen) atoms. The van der Waals surface area contributed by atoms with Gasteiger partial charge in [-0.05, 0) is 11.6 Å². The van der Waals surface area contributed by atoms with Gasteiger partial charge < -0.3 is 4.90 Å². The maximum absolute atomic E-state index is 12.9. The summed E-state index contributed by atoms with van der Waals surface area (Å²) in [5, 5.41) is 1.56. The standard InChI is InChI=1S/C22H21ClN2OS/c23-20-18-10-4-5-11-19(18)27-21(20)22(26)25-15-13-24(14-16-25)12-6-9-17-7-2-1-3-8-17/h1-11H,12-16H2/b9-6+. The lowest BCUT2D eigenvalue weighted by Gasteiger charge is -2.34. The fourth-order valence-electron chi connectivity index (χ4n) is 3.33. The summed E-state index contributed by atoms with van der Waals surface area (Å²) in [7, 11) is 0. The summed E-state index contributed by atoms with van der Waals surface area (Å²) >= 11 is 7.96. The van der Waals surface area contributed by atoms with Gasteiger partial charge in [0.1, 0.15) is 4.88 Å². The van der Waals surface area contributed by atoms with Crippen LogP contribution < -0.4 is 0 Å². The van der Waals surface area contributed by atoms with Crippen molar-refractivity contribution >= 4 is 45.0 Å². The third-order valence-electron chi connectivity index (χ3n) is 4.86. The fraction of sp³-hybridized carbons (Fsp3) is 0.227. The number of nitrogens with zero attached hydrogens (tertiary/aromatic N) is 2. The van der Waals surface area contributed by atoms with E-state index in [0.717, 1.165) is 42.8 Å². The number of benzene rings is 2. The molecule has 1 amide bonds. The fourth-order valence-corrected chi connectivity index (χ4v) is 4.81. The van der Waals surface area contributed by atoms with Crippen LogP contribution in [0.2, 0.25) is 5.02 Å². The van der Waals surface area contributed by atoms with Gasteiger partial charge in [-0.2, -0.15) is 0 Å². The number of carbonyl (C=O) groups excluding carboxylic acids is 1. The smallest absolute Gasteiger partial charge is 0.265 e. The Morgan fingerprint density at radius 2 is 1.70 bits per heavy atom. The average Bonchev–Trinajstić information content (AvgIpc) is 3.06. The largest absolute Gasteiger partial charge is 0.335 e. The van der Waals surface area contributed by atoms with Gasteiger partial charge in [-0.1, -0.05) is 72.3 Å². The van der Waals surface area contributed by atoms with Crippen LogP contribution in [0.25, 0.3) is 16.2 Å². The van der Waals surface area contributed by atoms with Crippen LogP contribution in [0.5, 0.6) is 0 Å². The average molecular weight is 397 g/mol. The summed E-state index contributed by atoms with van der Waals surface area (Å²) in [4.78, 5) is 17.9. The Bertz CT molecular complexity index is 959. The van der Waals surface area contributed by atoms with Crippen molar-refractivity contribution < 1.29 is 4.79 Å². The van der Waals surface area contributed by atoms with Gasteiger partial charge in [-0.15, -0.1) is 11.3 Å². The SMILES string of the molecule is O=C(c1sc2ccccc2c1Cl)N1CCN(C/C=C/c2ccccc2)CC1. The van der Waals surface area contributed by atoms with E-state index in [4.69, 9.17) is 11.6 Å². The van der Waals surface area contributed by atoms with Gasteiger partial charge in [0, 0.05) is 42.8 Å². The molecule has 0 unspecified atom stereocenters. The second-order valence-electron chi connectivity index (χ2n) is 6.65. The van der Waals surface area contributed by atoms with Gasteiger partial charge in [-0.3, -0.25) is 9.69 Å². The van der Waals surface area contributed by atoms with E-state index in [-0.39, 0.29) is 5.91 Å². The van der Waals surface area contributed by atoms with Gasteiger partial charge in [0.2, 0.25) is 0 Å². The van der Waals surface area contributed by atoms with Gasteiger partial charge in [0.15, 0.2) is 0 Å². The van der Waals surface area contributed by atoms with Crippen molar-refractivity contribution in [1.29, 1.82) is 0 Å². The quantitative estimate of drug-likeness (QED) is 0.617. The molecule has 3 aromatic rings. The molecule has 0 atom stereocenters. The van der Waals surface area contributed by atoms with Crippen molar-refractivity contribution in [2.45, 2.75) is 0 Å². The molecule has 3 nitrogen and oxygen atoms in total. The normalized spacial score (nSPS) is 15.7. The van der Waals surface area contributed by atoms with E-state index in [9.17, 15) is 4.79 Å². The van der Waals surface area contributed by atoms with Crippen LogP contribution in [0.4, 0.5) is 0 Å². The number of amides is 1. The first-order valence-corrected chi connectivity index (χ1v) is 10.3. The van der Waals surface area contributed by atoms with E-state index in [2.05, 4.69) is 29.2 Å². The molecule has 1 fully saturated rings.